The molecule has 112 valence electrons. The Labute approximate surface area is 134 Å². The van der Waals surface area contributed by atoms with E-state index in [1.807, 2.05) is 18.2 Å². The highest BCUT2D eigenvalue weighted by molar-refractivity contribution is 9.10. The van der Waals surface area contributed by atoms with Crippen LogP contribution in [0.1, 0.15) is 49.9 Å². The zero-order chi connectivity index (χ0) is 15.6. The molecule has 0 spiro atoms. The highest BCUT2D eigenvalue weighted by Gasteiger charge is 2.19. The number of hydrogen-bond acceptors (Lipinski definition) is 1. The fraction of sp³-hybridized carbons (Fsp3) is 0.333. The first-order valence-corrected chi connectivity index (χ1v) is 7.95. The Hall–Kier alpha value is -1.19. The van der Waals surface area contributed by atoms with Crippen molar-refractivity contribution in [2.75, 3.05) is 0 Å². The molecule has 2 N–H and O–H groups in total. The van der Waals surface area contributed by atoms with Crippen LogP contribution in [0, 0.1) is 5.82 Å². The van der Waals surface area contributed by atoms with Crippen LogP contribution in [0.5, 0.6) is 0 Å². The van der Waals surface area contributed by atoms with Gasteiger partial charge in [0.05, 0.1) is 6.04 Å². The molecule has 2 aromatic carbocycles. The van der Waals surface area contributed by atoms with Crippen LogP contribution in [0.4, 0.5) is 4.39 Å². The molecule has 1 atom stereocenters. The molecule has 0 saturated carbocycles. The van der Waals surface area contributed by atoms with Crippen molar-refractivity contribution in [1.82, 2.24) is 0 Å². The lowest BCUT2D eigenvalue weighted by Gasteiger charge is -2.24. The van der Waals surface area contributed by atoms with E-state index in [1.54, 1.807) is 6.07 Å². The van der Waals surface area contributed by atoms with Crippen molar-refractivity contribution in [3.8, 4) is 0 Å². The van der Waals surface area contributed by atoms with Crippen LogP contribution < -0.4 is 5.73 Å². The van der Waals surface area contributed by atoms with Gasteiger partial charge in [0.1, 0.15) is 5.82 Å². The van der Waals surface area contributed by atoms with Crippen LogP contribution in [0.3, 0.4) is 0 Å². The molecule has 0 radical (unpaired) electrons. The van der Waals surface area contributed by atoms with E-state index in [-0.39, 0.29) is 11.2 Å². The number of nitrogens with two attached hydrogens (primary N) is 1. The highest BCUT2D eigenvalue weighted by atomic mass is 79.9. The normalized spacial score (nSPS) is 13.2. The van der Waals surface area contributed by atoms with Gasteiger partial charge in [-0.2, -0.15) is 0 Å². The standard InChI is InChI=1S/C18H21BrFN/c1-4-18(2,3)13-7-5-12(6-8-13)17(21)15-10-9-14(19)11-16(15)20/h5-11,17H,4,21H2,1-3H3. The first-order chi connectivity index (χ1) is 9.85. The monoisotopic (exact) mass is 349 g/mol. The van der Waals surface area contributed by atoms with E-state index in [2.05, 4.69) is 48.8 Å². The fourth-order valence-corrected chi connectivity index (χ4v) is 2.61. The molecule has 0 aliphatic carbocycles. The van der Waals surface area contributed by atoms with Gasteiger partial charge in [-0.05, 0) is 35.1 Å². The van der Waals surface area contributed by atoms with Gasteiger partial charge in [-0.25, -0.2) is 4.39 Å². The average molecular weight is 350 g/mol. The van der Waals surface area contributed by atoms with E-state index in [0.717, 1.165) is 16.5 Å². The molecule has 21 heavy (non-hydrogen) atoms. The second-order valence-corrected chi connectivity index (χ2v) is 6.92. The van der Waals surface area contributed by atoms with E-state index in [4.69, 9.17) is 5.73 Å². The second-order valence-electron chi connectivity index (χ2n) is 6.00. The van der Waals surface area contributed by atoms with Gasteiger partial charge >= 0.3 is 0 Å². The number of rotatable bonds is 4. The summed E-state index contributed by atoms with van der Waals surface area (Å²) in [4.78, 5) is 0. The molecule has 0 saturated heterocycles. The minimum Gasteiger partial charge on any atom is -0.320 e. The Balaban J connectivity index is 2.30. The molecule has 0 bridgehead atoms. The highest BCUT2D eigenvalue weighted by Crippen LogP contribution is 2.29. The molecule has 0 amide bonds. The Morgan fingerprint density at radius 3 is 2.29 bits per heavy atom. The molecule has 0 fully saturated rings. The molecule has 0 heterocycles. The molecular formula is C18H21BrFN. The number of halogens is 2. The lowest BCUT2D eigenvalue weighted by Crippen LogP contribution is -2.17. The van der Waals surface area contributed by atoms with E-state index in [0.29, 0.717) is 5.56 Å². The van der Waals surface area contributed by atoms with Crippen molar-refractivity contribution in [3.63, 3.8) is 0 Å². The van der Waals surface area contributed by atoms with Crippen molar-refractivity contribution in [1.29, 1.82) is 0 Å². The average Bonchev–Trinajstić information content (AvgIpc) is 2.47. The summed E-state index contributed by atoms with van der Waals surface area (Å²) in [6.45, 7) is 6.61. The Bertz CT molecular complexity index is 620. The molecule has 0 aliphatic rings. The first-order valence-electron chi connectivity index (χ1n) is 7.16. The quantitative estimate of drug-likeness (QED) is 0.793. The summed E-state index contributed by atoms with van der Waals surface area (Å²) in [6.07, 6.45) is 1.07. The largest absolute Gasteiger partial charge is 0.320 e. The molecule has 0 aromatic heterocycles. The third kappa shape index (κ3) is 3.53. The van der Waals surface area contributed by atoms with E-state index >= 15 is 0 Å². The maximum absolute atomic E-state index is 14.0. The maximum Gasteiger partial charge on any atom is 0.129 e. The fourth-order valence-electron chi connectivity index (χ4n) is 2.28. The van der Waals surface area contributed by atoms with Gasteiger partial charge in [-0.1, -0.05) is 67.0 Å². The molecule has 3 heteroatoms. The van der Waals surface area contributed by atoms with Gasteiger partial charge in [0.25, 0.3) is 0 Å². The van der Waals surface area contributed by atoms with Crippen LogP contribution in [-0.2, 0) is 5.41 Å². The zero-order valence-electron chi connectivity index (χ0n) is 12.7. The van der Waals surface area contributed by atoms with E-state index < -0.39 is 6.04 Å². The Kier molecular flexibility index (Phi) is 4.84. The zero-order valence-corrected chi connectivity index (χ0v) is 14.2. The summed E-state index contributed by atoms with van der Waals surface area (Å²) in [5, 5.41) is 0. The van der Waals surface area contributed by atoms with Crippen LogP contribution in [0.2, 0.25) is 0 Å². The minimum absolute atomic E-state index is 0.144. The SMILES string of the molecule is CCC(C)(C)c1ccc(C(N)c2ccc(Br)cc2F)cc1. The van der Waals surface area contributed by atoms with Crippen LogP contribution in [-0.4, -0.2) is 0 Å². The Morgan fingerprint density at radius 1 is 1.14 bits per heavy atom. The Morgan fingerprint density at radius 2 is 1.76 bits per heavy atom. The molecule has 1 unspecified atom stereocenters. The third-order valence-electron chi connectivity index (χ3n) is 4.23. The second kappa shape index (κ2) is 6.29. The third-order valence-corrected chi connectivity index (χ3v) is 4.73. The summed E-state index contributed by atoms with van der Waals surface area (Å²) in [5.74, 6) is -0.283. The predicted molar refractivity (Wildman–Crippen MR) is 89.9 cm³/mol. The molecule has 2 rings (SSSR count). The summed E-state index contributed by atoms with van der Waals surface area (Å²) in [5.41, 5.74) is 9.06. The molecule has 1 nitrogen and oxygen atoms in total. The summed E-state index contributed by atoms with van der Waals surface area (Å²) in [7, 11) is 0. The van der Waals surface area contributed by atoms with E-state index in [1.165, 1.54) is 11.6 Å². The lowest BCUT2D eigenvalue weighted by atomic mass is 9.81. The van der Waals surface area contributed by atoms with Gasteiger partial charge in [-0.15, -0.1) is 0 Å². The van der Waals surface area contributed by atoms with Crippen molar-refractivity contribution >= 4 is 15.9 Å². The van der Waals surface area contributed by atoms with Crippen LogP contribution >= 0.6 is 15.9 Å². The summed E-state index contributed by atoms with van der Waals surface area (Å²) >= 11 is 3.26. The van der Waals surface area contributed by atoms with Crippen molar-refractivity contribution in [2.24, 2.45) is 5.73 Å². The first kappa shape index (κ1) is 16.2. The predicted octanol–water partition coefficient (Wildman–Crippen LogP) is 5.32. The van der Waals surface area contributed by atoms with Crippen molar-refractivity contribution in [2.45, 2.75) is 38.6 Å². The maximum atomic E-state index is 14.0. The number of hydrogen-bond donors (Lipinski definition) is 1. The van der Waals surface area contributed by atoms with Crippen molar-refractivity contribution in [3.05, 3.63) is 69.4 Å². The van der Waals surface area contributed by atoms with Crippen molar-refractivity contribution < 1.29 is 4.39 Å². The van der Waals surface area contributed by atoms with Gasteiger partial charge in [-0.3, -0.25) is 0 Å². The van der Waals surface area contributed by atoms with Gasteiger partial charge in [0.15, 0.2) is 0 Å². The smallest absolute Gasteiger partial charge is 0.129 e. The topological polar surface area (TPSA) is 26.0 Å². The van der Waals surface area contributed by atoms with Crippen LogP contribution in [0.15, 0.2) is 46.9 Å². The molecular weight excluding hydrogens is 329 g/mol. The van der Waals surface area contributed by atoms with Gasteiger partial charge < -0.3 is 5.73 Å². The minimum atomic E-state index is -0.447. The lowest BCUT2D eigenvalue weighted by molar-refractivity contribution is 0.506. The van der Waals surface area contributed by atoms with E-state index in [9.17, 15) is 4.39 Å². The summed E-state index contributed by atoms with van der Waals surface area (Å²) in [6, 6.07) is 12.7. The van der Waals surface area contributed by atoms with Gasteiger partial charge in [0, 0.05) is 10.0 Å². The number of benzene rings is 2. The molecule has 2 aromatic rings. The van der Waals surface area contributed by atoms with Crippen LogP contribution in [0.25, 0.3) is 0 Å². The summed E-state index contributed by atoms with van der Waals surface area (Å²) < 4.78 is 14.7. The molecule has 0 aliphatic heterocycles. The van der Waals surface area contributed by atoms with Gasteiger partial charge in [0.2, 0.25) is 0 Å².